The first kappa shape index (κ1) is 22.9. The van der Waals surface area contributed by atoms with Gasteiger partial charge >= 0.3 is 18.1 Å². The Morgan fingerprint density at radius 2 is 1.62 bits per heavy atom. The highest BCUT2D eigenvalue weighted by Crippen LogP contribution is 2.37. The van der Waals surface area contributed by atoms with Crippen LogP contribution in [0.3, 0.4) is 0 Å². The van der Waals surface area contributed by atoms with Crippen LogP contribution in [0.25, 0.3) is 0 Å². The molecule has 29 heavy (non-hydrogen) atoms. The van der Waals surface area contributed by atoms with Gasteiger partial charge in [0.05, 0.1) is 19.2 Å². The third kappa shape index (κ3) is 5.59. The van der Waals surface area contributed by atoms with E-state index in [0.29, 0.717) is 5.56 Å². The summed E-state index contributed by atoms with van der Waals surface area (Å²) in [5.41, 5.74) is 0.645. The number of ether oxygens (including phenoxy) is 1. The van der Waals surface area contributed by atoms with Crippen LogP contribution in [0.5, 0.6) is 0 Å². The van der Waals surface area contributed by atoms with Crippen molar-refractivity contribution in [3.8, 4) is 0 Å². The molecule has 0 unspecified atom stereocenters. The number of anilines is 1. The fraction of sp³-hybridized carbons (Fsp3) is 0.333. The zero-order valence-corrected chi connectivity index (χ0v) is 18.0. The van der Waals surface area contributed by atoms with Gasteiger partial charge in [-0.2, -0.15) is 13.2 Å². The lowest BCUT2D eigenvalue weighted by molar-refractivity contribution is -0.151. The molecule has 0 aliphatic rings. The minimum atomic E-state index is -4.62. The number of rotatable bonds is 3. The molecule has 156 valence electrons. The van der Waals surface area contributed by atoms with Crippen molar-refractivity contribution in [3.63, 3.8) is 0 Å². The standard InChI is InChI=1S/C21H21BrF3NO3/c1-20(2,3)14-7-5-13(6-8-14)12-26(18(27)19(28)29-4)15-9-10-17(22)16(11-15)21(23,24)25/h5-11H,12H2,1-4H3. The van der Waals surface area contributed by atoms with Gasteiger partial charge in [0.25, 0.3) is 0 Å². The lowest BCUT2D eigenvalue weighted by Gasteiger charge is -2.24. The molecule has 0 fully saturated rings. The molecule has 0 radical (unpaired) electrons. The van der Waals surface area contributed by atoms with Crippen molar-refractivity contribution in [1.82, 2.24) is 0 Å². The molecule has 0 aromatic heterocycles. The number of amides is 1. The molecule has 0 N–H and O–H groups in total. The number of hydrogen-bond acceptors (Lipinski definition) is 3. The molecule has 8 heteroatoms. The molecule has 2 aromatic carbocycles. The van der Waals surface area contributed by atoms with Crippen molar-refractivity contribution in [3.05, 3.63) is 63.6 Å². The van der Waals surface area contributed by atoms with E-state index in [1.807, 2.05) is 12.1 Å². The minimum Gasteiger partial charge on any atom is -0.462 e. The molecule has 4 nitrogen and oxygen atoms in total. The third-order valence-corrected chi connectivity index (χ3v) is 5.02. The average molecular weight is 472 g/mol. The van der Waals surface area contributed by atoms with Crippen molar-refractivity contribution in [1.29, 1.82) is 0 Å². The maximum Gasteiger partial charge on any atom is 0.417 e. The van der Waals surface area contributed by atoms with Gasteiger partial charge in [-0.1, -0.05) is 61.0 Å². The van der Waals surface area contributed by atoms with Gasteiger partial charge in [0.15, 0.2) is 0 Å². The molecule has 0 bridgehead atoms. The summed E-state index contributed by atoms with van der Waals surface area (Å²) in [6.45, 7) is 6.07. The second-order valence-corrected chi connectivity index (χ2v) is 8.35. The van der Waals surface area contributed by atoms with Crippen LogP contribution in [0.15, 0.2) is 46.9 Å². The zero-order chi connectivity index (χ0) is 22.0. The third-order valence-electron chi connectivity index (χ3n) is 4.33. The van der Waals surface area contributed by atoms with Crippen LogP contribution in [-0.2, 0) is 32.5 Å². The Balaban J connectivity index is 2.46. The van der Waals surface area contributed by atoms with Crippen molar-refractivity contribution < 1.29 is 27.5 Å². The van der Waals surface area contributed by atoms with E-state index >= 15 is 0 Å². The summed E-state index contributed by atoms with van der Waals surface area (Å²) in [6.07, 6.45) is -4.62. The van der Waals surface area contributed by atoms with Crippen molar-refractivity contribution in [2.45, 2.75) is 38.9 Å². The second-order valence-electron chi connectivity index (χ2n) is 7.49. The Labute approximate surface area is 175 Å². The summed E-state index contributed by atoms with van der Waals surface area (Å²) >= 11 is 2.87. The van der Waals surface area contributed by atoms with Crippen LogP contribution in [0.2, 0.25) is 0 Å². The largest absolute Gasteiger partial charge is 0.462 e. The molecule has 1 amide bonds. The molecule has 2 rings (SSSR count). The van der Waals surface area contributed by atoms with Gasteiger partial charge < -0.3 is 4.74 Å². The van der Waals surface area contributed by atoms with Gasteiger partial charge in [-0.05, 0) is 34.7 Å². The summed E-state index contributed by atoms with van der Waals surface area (Å²) in [6, 6.07) is 10.7. The van der Waals surface area contributed by atoms with Gasteiger partial charge in [0.1, 0.15) is 0 Å². The van der Waals surface area contributed by atoms with E-state index in [1.54, 1.807) is 12.1 Å². The average Bonchev–Trinajstić information content (AvgIpc) is 2.64. The Kier molecular flexibility index (Phi) is 6.78. The Morgan fingerprint density at radius 3 is 2.10 bits per heavy atom. The topological polar surface area (TPSA) is 46.6 Å². The number of carbonyl (C=O) groups is 2. The Hall–Kier alpha value is -2.35. The quantitative estimate of drug-likeness (QED) is 0.440. The molecule has 2 aromatic rings. The van der Waals surface area contributed by atoms with E-state index in [0.717, 1.165) is 23.6 Å². The van der Waals surface area contributed by atoms with E-state index in [4.69, 9.17) is 0 Å². The fourth-order valence-electron chi connectivity index (χ4n) is 2.67. The normalized spacial score (nSPS) is 11.9. The van der Waals surface area contributed by atoms with Gasteiger partial charge in [0.2, 0.25) is 0 Å². The fourth-order valence-corrected chi connectivity index (χ4v) is 3.14. The number of carbonyl (C=O) groups excluding carboxylic acids is 2. The summed E-state index contributed by atoms with van der Waals surface area (Å²) < 4.78 is 44.1. The SMILES string of the molecule is COC(=O)C(=O)N(Cc1ccc(C(C)(C)C)cc1)c1ccc(Br)c(C(F)(F)F)c1. The zero-order valence-electron chi connectivity index (χ0n) is 16.4. The van der Waals surface area contributed by atoms with Gasteiger partial charge in [-0.25, -0.2) is 4.79 Å². The Bertz CT molecular complexity index is 903. The van der Waals surface area contributed by atoms with Crippen molar-refractivity contribution in [2.24, 2.45) is 0 Å². The smallest absolute Gasteiger partial charge is 0.417 e. The van der Waals surface area contributed by atoms with E-state index in [1.165, 1.54) is 12.1 Å². The molecule has 0 saturated heterocycles. The van der Waals surface area contributed by atoms with Gasteiger partial charge in [-0.15, -0.1) is 0 Å². The first-order valence-corrected chi connectivity index (χ1v) is 9.50. The van der Waals surface area contributed by atoms with Gasteiger partial charge in [-0.3, -0.25) is 9.69 Å². The number of alkyl halides is 3. The minimum absolute atomic E-state index is 0.0594. The monoisotopic (exact) mass is 471 g/mol. The summed E-state index contributed by atoms with van der Waals surface area (Å²) in [5.74, 6) is -2.21. The number of esters is 1. The van der Waals surface area contributed by atoms with E-state index in [2.05, 4.69) is 41.4 Å². The maximum absolute atomic E-state index is 13.3. The molecular formula is C21H21BrF3NO3. The van der Waals surface area contributed by atoms with Crippen LogP contribution in [0.1, 0.15) is 37.5 Å². The van der Waals surface area contributed by atoms with Crippen LogP contribution < -0.4 is 4.90 Å². The molecule has 0 heterocycles. The predicted octanol–water partition coefficient (Wildman–Crippen LogP) is 5.47. The summed E-state index contributed by atoms with van der Waals surface area (Å²) in [5, 5.41) is 0. The van der Waals surface area contributed by atoms with E-state index < -0.39 is 23.6 Å². The summed E-state index contributed by atoms with van der Waals surface area (Å²) in [4.78, 5) is 25.3. The van der Waals surface area contributed by atoms with Crippen LogP contribution in [0.4, 0.5) is 18.9 Å². The van der Waals surface area contributed by atoms with Gasteiger partial charge in [0, 0.05) is 10.2 Å². The molecular weight excluding hydrogens is 451 g/mol. The van der Waals surface area contributed by atoms with Crippen molar-refractivity contribution >= 4 is 33.5 Å². The highest BCUT2D eigenvalue weighted by atomic mass is 79.9. The van der Waals surface area contributed by atoms with Crippen LogP contribution in [-0.4, -0.2) is 19.0 Å². The molecule has 0 aliphatic heterocycles. The lowest BCUT2D eigenvalue weighted by Crippen LogP contribution is -2.37. The number of hydrogen-bond donors (Lipinski definition) is 0. The molecule has 0 atom stereocenters. The van der Waals surface area contributed by atoms with Crippen LogP contribution in [0, 0.1) is 0 Å². The summed E-state index contributed by atoms with van der Waals surface area (Å²) in [7, 11) is 1.04. The number of methoxy groups -OCH3 is 1. The highest BCUT2D eigenvalue weighted by molar-refractivity contribution is 9.10. The number of nitrogens with zero attached hydrogens (tertiary/aromatic N) is 1. The predicted molar refractivity (Wildman–Crippen MR) is 107 cm³/mol. The molecule has 0 saturated carbocycles. The van der Waals surface area contributed by atoms with Crippen molar-refractivity contribution in [2.75, 3.05) is 12.0 Å². The first-order valence-electron chi connectivity index (χ1n) is 8.70. The number of halogens is 4. The van der Waals surface area contributed by atoms with E-state index in [-0.39, 0.29) is 22.1 Å². The number of benzene rings is 2. The highest BCUT2D eigenvalue weighted by Gasteiger charge is 2.34. The first-order chi connectivity index (χ1) is 13.3. The molecule has 0 aliphatic carbocycles. The maximum atomic E-state index is 13.3. The lowest BCUT2D eigenvalue weighted by atomic mass is 9.87. The Morgan fingerprint density at radius 1 is 1.03 bits per heavy atom. The molecule has 0 spiro atoms. The van der Waals surface area contributed by atoms with Crippen LogP contribution >= 0.6 is 15.9 Å². The second kappa shape index (κ2) is 8.57. The van der Waals surface area contributed by atoms with E-state index in [9.17, 15) is 22.8 Å².